The van der Waals surface area contributed by atoms with Crippen molar-refractivity contribution in [1.82, 2.24) is 0 Å². The van der Waals surface area contributed by atoms with Crippen LogP contribution in [0.4, 0.5) is 10.1 Å². The minimum Gasteiger partial charge on any atom is -0.262 e. The van der Waals surface area contributed by atoms with Crippen LogP contribution in [0.5, 0.6) is 0 Å². The fourth-order valence-corrected chi connectivity index (χ4v) is 4.71. The second-order valence-electron chi connectivity index (χ2n) is 6.72. The Hall–Kier alpha value is -1.92. The number of hydrogen-bond donors (Lipinski definition) is 0. The Kier molecular flexibility index (Phi) is 5.58. The Morgan fingerprint density at radius 3 is 2.48 bits per heavy atom. The predicted molar refractivity (Wildman–Crippen MR) is 112 cm³/mol. The predicted octanol–water partition coefficient (Wildman–Crippen LogP) is 5.70. The second-order valence-corrected chi connectivity index (χ2v) is 9.44. The Bertz CT molecular complexity index is 996. The van der Waals surface area contributed by atoms with Crippen molar-refractivity contribution in [3.05, 3.63) is 77.0 Å². The molecule has 0 aliphatic heterocycles. The number of rotatable bonds is 7. The van der Waals surface area contributed by atoms with E-state index in [0.29, 0.717) is 11.3 Å². The maximum atomic E-state index is 14.2. The van der Waals surface area contributed by atoms with Gasteiger partial charge in [-0.15, -0.1) is 6.58 Å². The highest BCUT2D eigenvalue weighted by atomic mass is 79.9. The maximum Gasteiger partial charge on any atom is 0.264 e. The van der Waals surface area contributed by atoms with Crippen LogP contribution in [0, 0.1) is 18.7 Å². The summed E-state index contributed by atoms with van der Waals surface area (Å²) in [5, 5.41) is 0. The van der Waals surface area contributed by atoms with Gasteiger partial charge in [-0.2, -0.15) is 0 Å². The summed E-state index contributed by atoms with van der Waals surface area (Å²) in [6.07, 6.45) is 3.50. The summed E-state index contributed by atoms with van der Waals surface area (Å²) in [6.45, 7) is 9.76. The van der Waals surface area contributed by atoms with Crippen molar-refractivity contribution in [2.45, 2.75) is 24.7 Å². The Morgan fingerprint density at radius 1 is 1.30 bits per heavy atom. The van der Waals surface area contributed by atoms with E-state index in [9.17, 15) is 12.8 Å². The summed E-state index contributed by atoms with van der Waals surface area (Å²) in [5.74, 6) is -0.168. The van der Waals surface area contributed by atoms with E-state index in [-0.39, 0.29) is 21.8 Å². The molecule has 0 amide bonds. The van der Waals surface area contributed by atoms with Crippen LogP contribution in [0.25, 0.3) is 5.57 Å². The Labute approximate surface area is 168 Å². The number of anilines is 1. The first kappa shape index (κ1) is 19.8. The molecule has 0 heterocycles. The third kappa shape index (κ3) is 4.01. The molecule has 1 aliphatic carbocycles. The van der Waals surface area contributed by atoms with Crippen molar-refractivity contribution < 1.29 is 12.8 Å². The zero-order chi connectivity index (χ0) is 19.8. The van der Waals surface area contributed by atoms with Gasteiger partial charge in [0.25, 0.3) is 10.0 Å². The standard InChI is InChI=1S/C21H21BrFNO2S/c1-4-11-24(27(25,26)17-9-5-14(2)6-10-17)21-13-19(22)20(23)12-18(21)15(3)16-7-8-16/h4-6,9-10,12-13,16H,1,3,7-8,11H2,2H3. The minimum absolute atomic E-state index is 0.0687. The van der Waals surface area contributed by atoms with Gasteiger partial charge in [0.15, 0.2) is 0 Å². The lowest BCUT2D eigenvalue weighted by atomic mass is 10.0. The first-order chi connectivity index (χ1) is 12.8. The first-order valence-corrected chi connectivity index (χ1v) is 10.9. The van der Waals surface area contributed by atoms with Crippen LogP contribution in [0.1, 0.15) is 24.0 Å². The Morgan fingerprint density at radius 2 is 1.93 bits per heavy atom. The van der Waals surface area contributed by atoms with Gasteiger partial charge in [0.2, 0.25) is 0 Å². The van der Waals surface area contributed by atoms with Gasteiger partial charge in [0.1, 0.15) is 5.82 Å². The van der Waals surface area contributed by atoms with E-state index in [4.69, 9.17) is 0 Å². The number of hydrogen-bond acceptors (Lipinski definition) is 2. The molecule has 142 valence electrons. The van der Waals surface area contributed by atoms with Gasteiger partial charge in [-0.1, -0.05) is 30.4 Å². The lowest BCUT2D eigenvalue weighted by Gasteiger charge is -2.27. The summed E-state index contributed by atoms with van der Waals surface area (Å²) in [5.41, 5.74) is 2.66. The van der Waals surface area contributed by atoms with Crippen molar-refractivity contribution in [3.8, 4) is 0 Å². The SMILES string of the molecule is C=CCN(c1cc(Br)c(F)cc1C(=C)C1CC1)S(=O)(=O)c1ccc(C)cc1. The van der Waals surface area contributed by atoms with Gasteiger partial charge in [0.05, 0.1) is 21.6 Å². The highest BCUT2D eigenvalue weighted by molar-refractivity contribution is 9.10. The smallest absolute Gasteiger partial charge is 0.262 e. The van der Waals surface area contributed by atoms with Crippen molar-refractivity contribution in [1.29, 1.82) is 0 Å². The third-order valence-electron chi connectivity index (χ3n) is 4.63. The molecule has 3 nitrogen and oxygen atoms in total. The molecule has 0 N–H and O–H groups in total. The molecular formula is C21H21BrFNO2S. The zero-order valence-electron chi connectivity index (χ0n) is 15.1. The monoisotopic (exact) mass is 449 g/mol. The molecule has 1 saturated carbocycles. The van der Waals surface area contributed by atoms with Gasteiger partial charge in [0, 0.05) is 5.56 Å². The van der Waals surface area contributed by atoms with E-state index >= 15 is 0 Å². The summed E-state index contributed by atoms with van der Waals surface area (Å²) in [4.78, 5) is 0.179. The lowest BCUT2D eigenvalue weighted by molar-refractivity contribution is 0.592. The largest absolute Gasteiger partial charge is 0.264 e. The molecule has 0 unspecified atom stereocenters. The van der Waals surface area contributed by atoms with Crippen molar-refractivity contribution in [3.63, 3.8) is 0 Å². The van der Waals surface area contributed by atoms with Gasteiger partial charge in [-0.05, 0) is 71.5 Å². The van der Waals surface area contributed by atoms with Crippen LogP contribution in [0.2, 0.25) is 0 Å². The highest BCUT2D eigenvalue weighted by Gasteiger charge is 2.32. The topological polar surface area (TPSA) is 37.4 Å². The third-order valence-corrected chi connectivity index (χ3v) is 7.03. The number of benzene rings is 2. The van der Waals surface area contributed by atoms with E-state index in [1.807, 2.05) is 6.92 Å². The van der Waals surface area contributed by atoms with Crippen molar-refractivity contribution >= 4 is 37.2 Å². The Balaban J connectivity index is 2.17. The molecule has 0 saturated heterocycles. The normalized spacial score (nSPS) is 14.0. The van der Waals surface area contributed by atoms with Crippen LogP contribution < -0.4 is 4.31 Å². The van der Waals surface area contributed by atoms with Gasteiger partial charge >= 0.3 is 0 Å². The minimum atomic E-state index is -3.85. The van der Waals surface area contributed by atoms with Gasteiger partial charge < -0.3 is 0 Å². The molecule has 1 fully saturated rings. The van der Waals surface area contributed by atoms with E-state index in [1.54, 1.807) is 24.3 Å². The fraction of sp³-hybridized carbons (Fsp3) is 0.238. The van der Waals surface area contributed by atoms with Crippen LogP contribution in [-0.4, -0.2) is 15.0 Å². The highest BCUT2D eigenvalue weighted by Crippen LogP contribution is 2.45. The molecule has 3 rings (SSSR count). The van der Waals surface area contributed by atoms with E-state index in [0.717, 1.165) is 24.0 Å². The van der Waals surface area contributed by atoms with E-state index in [1.165, 1.54) is 22.5 Å². The second kappa shape index (κ2) is 7.60. The van der Waals surface area contributed by atoms with Crippen LogP contribution in [0.15, 0.2) is 65.0 Å². The molecule has 27 heavy (non-hydrogen) atoms. The molecule has 2 aromatic carbocycles. The molecule has 1 aliphatic rings. The van der Waals surface area contributed by atoms with Crippen LogP contribution in [-0.2, 0) is 10.0 Å². The molecular weight excluding hydrogens is 429 g/mol. The first-order valence-electron chi connectivity index (χ1n) is 8.64. The number of sulfonamides is 1. The number of nitrogens with zero attached hydrogens (tertiary/aromatic N) is 1. The molecule has 0 bridgehead atoms. The lowest BCUT2D eigenvalue weighted by Crippen LogP contribution is -2.32. The van der Waals surface area contributed by atoms with Crippen LogP contribution in [0.3, 0.4) is 0 Å². The number of allylic oxidation sites excluding steroid dienone is 1. The summed E-state index contributed by atoms with van der Waals surface area (Å²) in [6, 6.07) is 9.53. The average molecular weight is 450 g/mol. The molecule has 0 atom stereocenters. The van der Waals surface area contributed by atoms with Gasteiger partial charge in [-0.3, -0.25) is 4.31 Å². The zero-order valence-corrected chi connectivity index (χ0v) is 17.5. The molecule has 0 aromatic heterocycles. The van der Waals surface area contributed by atoms with E-state index < -0.39 is 15.8 Å². The van der Waals surface area contributed by atoms with Crippen LogP contribution >= 0.6 is 15.9 Å². The van der Waals surface area contributed by atoms with Crippen molar-refractivity contribution in [2.75, 3.05) is 10.8 Å². The van der Waals surface area contributed by atoms with Crippen molar-refractivity contribution in [2.24, 2.45) is 5.92 Å². The average Bonchev–Trinajstić information content (AvgIpc) is 3.46. The quantitative estimate of drug-likeness (QED) is 0.508. The molecule has 2 aromatic rings. The van der Waals surface area contributed by atoms with Gasteiger partial charge in [-0.25, -0.2) is 12.8 Å². The number of aryl methyl sites for hydroxylation is 1. The molecule has 0 radical (unpaired) electrons. The summed E-state index contributed by atoms with van der Waals surface area (Å²) >= 11 is 3.18. The number of halogens is 2. The molecule has 6 heteroatoms. The molecule has 0 spiro atoms. The fourth-order valence-electron chi connectivity index (χ4n) is 2.93. The summed E-state index contributed by atoms with van der Waals surface area (Å²) in [7, 11) is -3.85. The maximum absolute atomic E-state index is 14.2. The summed E-state index contributed by atoms with van der Waals surface area (Å²) < 4.78 is 42.4. The van der Waals surface area contributed by atoms with E-state index in [2.05, 4.69) is 29.1 Å².